The predicted molar refractivity (Wildman–Crippen MR) is 91.8 cm³/mol. The van der Waals surface area contributed by atoms with Gasteiger partial charge in [-0.1, -0.05) is 0 Å². The van der Waals surface area contributed by atoms with Gasteiger partial charge in [-0.15, -0.1) is 0 Å². The summed E-state index contributed by atoms with van der Waals surface area (Å²) in [5, 5.41) is 2.99. The first-order valence-electron chi connectivity index (χ1n) is 8.66. The van der Waals surface area contributed by atoms with Crippen LogP contribution in [0.4, 0.5) is 0 Å². The number of carbonyl (C=O) groups is 1. The monoisotopic (exact) mass is 362 g/mol. The molecule has 0 saturated carbocycles. The predicted octanol–water partition coefficient (Wildman–Crippen LogP) is -0.657. The summed E-state index contributed by atoms with van der Waals surface area (Å²) in [7, 11) is -0.302. The van der Waals surface area contributed by atoms with Gasteiger partial charge in [0.15, 0.2) is 0 Å². The minimum atomic E-state index is -3.36. The van der Waals surface area contributed by atoms with E-state index in [1.54, 1.807) is 0 Å². The van der Waals surface area contributed by atoms with E-state index in [1.807, 2.05) is 0 Å². The number of carbonyl (C=O) groups excluding carboxylic acids is 1. The second-order valence-electron chi connectivity index (χ2n) is 6.56. The second-order valence-corrected chi connectivity index (χ2v) is 8.70. The lowest BCUT2D eigenvalue weighted by molar-refractivity contribution is -0.126. The first-order valence-corrected chi connectivity index (χ1v) is 10.1. The highest BCUT2D eigenvalue weighted by Gasteiger charge is 2.32. The van der Waals surface area contributed by atoms with Gasteiger partial charge in [0.05, 0.1) is 13.2 Å². The topological polar surface area (TPSA) is 82.2 Å². The van der Waals surface area contributed by atoms with E-state index in [9.17, 15) is 13.2 Å². The summed E-state index contributed by atoms with van der Waals surface area (Å²) in [6, 6.07) is 0. The molecular formula is C15H30N4O4S. The van der Waals surface area contributed by atoms with Crippen LogP contribution >= 0.6 is 0 Å². The van der Waals surface area contributed by atoms with Gasteiger partial charge < -0.3 is 10.1 Å². The van der Waals surface area contributed by atoms with Crippen LogP contribution in [-0.2, 0) is 19.7 Å². The second kappa shape index (κ2) is 9.10. The smallest absolute Gasteiger partial charge is 0.281 e. The third-order valence-electron chi connectivity index (χ3n) is 4.67. The number of hydrogen-bond donors (Lipinski definition) is 1. The minimum absolute atomic E-state index is 0.0545. The summed E-state index contributed by atoms with van der Waals surface area (Å²) >= 11 is 0. The molecule has 2 aliphatic rings. The highest BCUT2D eigenvalue weighted by Crippen LogP contribution is 2.20. The summed E-state index contributed by atoms with van der Waals surface area (Å²) in [6.45, 7) is 5.98. The lowest BCUT2D eigenvalue weighted by Gasteiger charge is -2.32. The van der Waals surface area contributed by atoms with Crippen LogP contribution in [0.2, 0.25) is 0 Å². The van der Waals surface area contributed by atoms with Crippen LogP contribution in [0.3, 0.4) is 0 Å². The van der Waals surface area contributed by atoms with Crippen LogP contribution in [0.1, 0.15) is 19.3 Å². The molecule has 2 heterocycles. The zero-order chi connectivity index (χ0) is 17.6. The molecule has 0 aromatic carbocycles. The zero-order valence-electron chi connectivity index (χ0n) is 14.7. The van der Waals surface area contributed by atoms with E-state index < -0.39 is 10.2 Å². The SMILES string of the molecule is CN(C)S(=O)(=O)N1CCC(C(=O)NCCCN2CCOCC2)CC1. The third-order valence-corrected chi connectivity index (χ3v) is 6.61. The Labute approximate surface area is 145 Å². The van der Waals surface area contributed by atoms with Crippen molar-refractivity contribution < 1.29 is 17.9 Å². The molecule has 2 saturated heterocycles. The molecule has 1 amide bonds. The number of amides is 1. The normalized spacial score (nSPS) is 22.0. The van der Waals surface area contributed by atoms with E-state index in [-0.39, 0.29) is 11.8 Å². The Morgan fingerprint density at radius 2 is 1.79 bits per heavy atom. The van der Waals surface area contributed by atoms with E-state index in [1.165, 1.54) is 22.7 Å². The van der Waals surface area contributed by atoms with Crippen molar-refractivity contribution in [1.29, 1.82) is 0 Å². The van der Waals surface area contributed by atoms with Gasteiger partial charge in [-0.25, -0.2) is 0 Å². The van der Waals surface area contributed by atoms with Crippen molar-refractivity contribution in [3.8, 4) is 0 Å². The number of nitrogens with one attached hydrogen (secondary N) is 1. The van der Waals surface area contributed by atoms with Crippen molar-refractivity contribution >= 4 is 16.1 Å². The Morgan fingerprint density at radius 3 is 2.38 bits per heavy atom. The summed E-state index contributed by atoms with van der Waals surface area (Å²) < 4.78 is 32.1. The largest absolute Gasteiger partial charge is 0.379 e. The molecule has 8 nitrogen and oxygen atoms in total. The van der Waals surface area contributed by atoms with E-state index in [0.717, 1.165) is 39.3 Å². The zero-order valence-corrected chi connectivity index (χ0v) is 15.6. The van der Waals surface area contributed by atoms with Crippen LogP contribution in [-0.4, -0.2) is 94.4 Å². The fraction of sp³-hybridized carbons (Fsp3) is 0.933. The lowest BCUT2D eigenvalue weighted by Crippen LogP contribution is -2.47. The van der Waals surface area contributed by atoms with Crippen LogP contribution in [0.25, 0.3) is 0 Å². The molecule has 0 atom stereocenters. The molecule has 0 aromatic heterocycles. The maximum atomic E-state index is 12.2. The van der Waals surface area contributed by atoms with Gasteiger partial charge in [-0.2, -0.15) is 17.0 Å². The highest BCUT2D eigenvalue weighted by atomic mass is 32.2. The molecule has 0 unspecified atom stereocenters. The van der Waals surface area contributed by atoms with Gasteiger partial charge in [-0.05, 0) is 25.8 Å². The maximum absolute atomic E-state index is 12.2. The van der Waals surface area contributed by atoms with Gasteiger partial charge in [0.25, 0.3) is 10.2 Å². The van der Waals surface area contributed by atoms with Crippen molar-refractivity contribution in [3.05, 3.63) is 0 Å². The van der Waals surface area contributed by atoms with Crippen molar-refractivity contribution in [3.63, 3.8) is 0 Å². The first-order chi connectivity index (χ1) is 11.4. The molecule has 0 radical (unpaired) electrons. The number of ether oxygens (including phenoxy) is 1. The molecule has 24 heavy (non-hydrogen) atoms. The van der Waals surface area contributed by atoms with Crippen LogP contribution in [0.5, 0.6) is 0 Å². The minimum Gasteiger partial charge on any atom is -0.379 e. The molecular weight excluding hydrogens is 332 g/mol. The van der Waals surface area contributed by atoms with Gasteiger partial charge in [-0.3, -0.25) is 9.69 Å². The van der Waals surface area contributed by atoms with Crippen molar-refractivity contribution in [1.82, 2.24) is 18.8 Å². The van der Waals surface area contributed by atoms with E-state index in [0.29, 0.717) is 32.5 Å². The summed E-state index contributed by atoms with van der Waals surface area (Å²) in [4.78, 5) is 14.6. The summed E-state index contributed by atoms with van der Waals surface area (Å²) in [6.07, 6.45) is 2.10. The fourth-order valence-corrected chi connectivity index (χ4v) is 4.20. The summed E-state index contributed by atoms with van der Waals surface area (Å²) in [5.74, 6) is -0.0270. The van der Waals surface area contributed by atoms with E-state index in [2.05, 4.69) is 10.2 Å². The average Bonchev–Trinajstić information content (AvgIpc) is 2.59. The number of morpholine rings is 1. The van der Waals surface area contributed by atoms with Crippen molar-refractivity contribution in [2.45, 2.75) is 19.3 Å². The van der Waals surface area contributed by atoms with Crippen LogP contribution in [0, 0.1) is 5.92 Å². The molecule has 2 rings (SSSR count). The molecule has 0 bridgehead atoms. The van der Waals surface area contributed by atoms with Gasteiger partial charge in [0, 0.05) is 52.7 Å². The average molecular weight is 362 g/mol. The third kappa shape index (κ3) is 5.38. The van der Waals surface area contributed by atoms with Crippen LogP contribution < -0.4 is 5.32 Å². The Balaban J connectivity index is 1.64. The molecule has 0 aliphatic carbocycles. The highest BCUT2D eigenvalue weighted by molar-refractivity contribution is 7.86. The Kier molecular flexibility index (Phi) is 7.42. The summed E-state index contributed by atoms with van der Waals surface area (Å²) in [5.41, 5.74) is 0. The Hall–Kier alpha value is -0.740. The maximum Gasteiger partial charge on any atom is 0.281 e. The molecule has 9 heteroatoms. The quantitative estimate of drug-likeness (QED) is 0.608. The Bertz CT molecular complexity index is 498. The van der Waals surface area contributed by atoms with E-state index >= 15 is 0 Å². The lowest BCUT2D eigenvalue weighted by atomic mass is 9.97. The van der Waals surface area contributed by atoms with Crippen molar-refractivity contribution in [2.75, 3.05) is 66.6 Å². The molecule has 1 N–H and O–H groups in total. The van der Waals surface area contributed by atoms with E-state index in [4.69, 9.17) is 4.74 Å². The molecule has 0 aromatic rings. The van der Waals surface area contributed by atoms with Crippen LogP contribution in [0.15, 0.2) is 0 Å². The Morgan fingerprint density at radius 1 is 1.17 bits per heavy atom. The number of rotatable bonds is 7. The molecule has 2 fully saturated rings. The number of nitrogens with zero attached hydrogens (tertiary/aromatic N) is 3. The fourth-order valence-electron chi connectivity index (χ4n) is 3.06. The van der Waals surface area contributed by atoms with Gasteiger partial charge in [0.2, 0.25) is 5.91 Å². The molecule has 140 valence electrons. The molecule has 0 spiro atoms. The van der Waals surface area contributed by atoms with Gasteiger partial charge >= 0.3 is 0 Å². The van der Waals surface area contributed by atoms with Crippen molar-refractivity contribution in [2.24, 2.45) is 5.92 Å². The standard InChI is InChI=1S/C15H30N4O4S/c1-17(2)24(21,22)19-8-4-14(5-9-19)15(20)16-6-3-7-18-10-12-23-13-11-18/h14H,3-13H2,1-2H3,(H,16,20). The molecule has 2 aliphatic heterocycles. The number of hydrogen-bond acceptors (Lipinski definition) is 5. The van der Waals surface area contributed by atoms with Gasteiger partial charge in [0.1, 0.15) is 0 Å². The number of piperidine rings is 1. The first kappa shape index (κ1) is 19.6.